The molecule has 0 aliphatic carbocycles. The van der Waals surface area contributed by atoms with E-state index in [1.165, 1.54) is 19.6 Å². The Morgan fingerprint density at radius 2 is 0.973 bits per heavy atom. The normalized spacial score (nSPS) is 11.7. The van der Waals surface area contributed by atoms with Gasteiger partial charge in [-0.05, 0) is 40.8 Å². The van der Waals surface area contributed by atoms with Crippen LogP contribution in [0.25, 0.3) is 0 Å². The molecular formula is C24H47N7O6. The minimum atomic E-state index is -0.831. The summed E-state index contributed by atoms with van der Waals surface area (Å²) in [5, 5.41) is 13.3. The quantitative estimate of drug-likeness (QED) is 0.164. The third-order valence-corrected chi connectivity index (χ3v) is 6.01. The first-order valence-corrected chi connectivity index (χ1v) is 13.0. The van der Waals surface area contributed by atoms with Crippen LogP contribution in [0, 0.1) is 0 Å². The van der Waals surface area contributed by atoms with Gasteiger partial charge >= 0.3 is 0 Å². The van der Waals surface area contributed by atoms with Crippen LogP contribution < -0.4 is 11.1 Å². The molecule has 13 heteroatoms. The van der Waals surface area contributed by atoms with Gasteiger partial charge in [-0.1, -0.05) is 13.8 Å². The first-order chi connectivity index (χ1) is 17.5. The number of carbonyl (C=O) groups is 5. The van der Waals surface area contributed by atoms with Gasteiger partial charge in [0.2, 0.25) is 29.5 Å². The Labute approximate surface area is 220 Å². The van der Waals surface area contributed by atoms with Gasteiger partial charge in [-0.15, -0.1) is 0 Å². The number of rotatable bonds is 19. The van der Waals surface area contributed by atoms with Crippen LogP contribution in [-0.2, 0) is 24.0 Å². The monoisotopic (exact) mass is 529 g/mol. The molecule has 0 aromatic heterocycles. The molecule has 37 heavy (non-hydrogen) atoms. The van der Waals surface area contributed by atoms with E-state index in [4.69, 9.17) is 5.73 Å². The zero-order valence-electron chi connectivity index (χ0n) is 23.4. The summed E-state index contributed by atoms with van der Waals surface area (Å²) >= 11 is 0. The van der Waals surface area contributed by atoms with Crippen molar-refractivity contribution in [3.8, 4) is 0 Å². The van der Waals surface area contributed by atoms with Gasteiger partial charge < -0.3 is 35.8 Å². The standard InChI is InChI=1S/C24H47N7O6/c1-7-26-13-20(33)28(9-3)15-22(35)30(11-5)17-24(37)31(12-6)18-23(36)29(10-4)16-21(34)27(8-2)14-19(25)32/h20,26,33H,7-18H2,1-6H3,(H2,25,32). The fourth-order valence-electron chi connectivity index (χ4n) is 3.59. The summed E-state index contributed by atoms with van der Waals surface area (Å²) in [6, 6.07) is 0. The highest BCUT2D eigenvalue weighted by Gasteiger charge is 2.26. The van der Waals surface area contributed by atoms with Crippen molar-refractivity contribution in [3.63, 3.8) is 0 Å². The SMILES string of the molecule is CCNCC(O)N(CC)CC(=O)N(CC)CC(=O)N(CC)CC(=O)N(CC)CC(=O)N(CC)CC(N)=O. The van der Waals surface area contributed by atoms with Crippen molar-refractivity contribution >= 4 is 29.5 Å². The van der Waals surface area contributed by atoms with Crippen LogP contribution in [0.15, 0.2) is 0 Å². The number of hydrogen-bond acceptors (Lipinski definition) is 8. The smallest absolute Gasteiger partial charge is 0.242 e. The van der Waals surface area contributed by atoms with E-state index < -0.39 is 29.9 Å². The summed E-state index contributed by atoms with van der Waals surface area (Å²) < 4.78 is 0. The Bertz CT molecular complexity index is 751. The van der Waals surface area contributed by atoms with Gasteiger partial charge in [0.1, 0.15) is 6.23 Å². The van der Waals surface area contributed by atoms with E-state index in [1.807, 2.05) is 13.8 Å². The van der Waals surface area contributed by atoms with Gasteiger partial charge in [0.15, 0.2) is 0 Å². The molecule has 0 aliphatic heterocycles. The average Bonchev–Trinajstić information content (AvgIpc) is 2.88. The third kappa shape index (κ3) is 12.3. The fraction of sp³-hybridized carbons (Fsp3) is 0.792. The second-order valence-electron chi connectivity index (χ2n) is 8.45. The van der Waals surface area contributed by atoms with Crippen molar-refractivity contribution in [1.82, 2.24) is 29.8 Å². The Hall–Kier alpha value is -2.77. The van der Waals surface area contributed by atoms with E-state index in [0.29, 0.717) is 26.2 Å². The molecule has 0 aliphatic rings. The minimum absolute atomic E-state index is 0.0415. The highest BCUT2D eigenvalue weighted by atomic mass is 16.3. The van der Waals surface area contributed by atoms with Gasteiger partial charge in [0, 0.05) is 32.7 Å². The van der Waals surface area contributed by atoms with Crippen LogP contribution in [-0.4, -0.2) is 144 Å². The zero-order chi connectivity index (χ0) is 28.5. The number of nitrogens with one attached hydrogen (secondary N) is 1. The van der Waals surface area contributed by atoms with Crippen molar-refractivity contribution in [1.29, 1.82) is 0 Å². The van der Waals surface area contributed by atoms with Crippen molar-refractivity contribution in [2.45, 2.75) is 47.8 Å². The van der Waals surface area contributed by atoms with Crippen LogP contribution >= 0.6 is 0 Å². The predicted octanol–water partition coefficient (Wildman–Crippen LogP) is -1.88. The van der Waals surface area contributed by atoms with E-state index >= 15 is 0 Å². The maximum Gasteiger partial charge on any atom is 0.242 e. The van der Waals surface area contributed by atoms with Crippen molar-refractivity contribution in [3.05, 3.63) is 0 Å². The summed E-state index contributed by atoms with van der Waals surface area (Å²) in [5.41, 5.74) is 5.18. The van der Waals surface area contributed by atoms with Crippen molar-refractivity contribution < 1.29 is 29.1 Å². The molecule has 0 rings (SSSR count). The van der Waals surface area contributed by atoms with Gasteiger partial charge in [0.05, 0.1) is 32.7 Å². The minimum Gasteiger partial charge on any atom is -0.377 e. The van der Waals surface area contributed by atoms with E-state index in [-0.39, 0.29) is 58.3 Å². The van der Waals surface area contributed by atoms with Crippen LogP contribution in [0.1, 0.15) is 41.5 Å². The molecule has 4 N–H and O–H groups in total. The largest absolute Gasteiger partial charge is 0.377 e. The molecule has 0 saturated heterocycles. The highest BCUT2D eigenvalue weighted by Crippen LogP contribution is 2.03. The van der Waals surface area contributed by atoms with Gasteiger partial charge in [-0.25, -0.2) is 0 Å². The van der Waals surface area contributed by atoms with Gasteiger partial charge in [-0.2, -0.15) is 0 Å². The lowest BCUT2D eigenvalue weighted by molar-refractivity contribution is -0.146. The van der Waals surface area contributed by atoms with E-state index in [0.717, 1.165) is 0 Å². The molecule has 0 radical (unpaired) electrons. The Balaban J connectivity index is 5.18. The molecule has 0 heterocycles. The van der Waals surface area contributed by atoms with Crippen LogP contribution in [0.2, 0.25) is 0 Å². The van der Waals surface area contributed by atoms with Crippen LogP contribution in [0.5, 0.6) is 0 Å². The number of primary amides is 1. The predicted molar refractivity (Wildman–Crippen MR) is 140 cm³/mol. The number of aliphatic hydroxyl groups is 1. The molecule has 1 atom stereocenters. The highest BCUT2D eigenvalue weighted by molar-refractivity contribution is 5.91. The summed E-state index contributed by atoms with van der Waals surface area (Å²) in [6.07, 6.45) is -0.831. The Morgan fingerprint density at radius 1 is 0.622 bits per heavy atom. The molecule has 214 valence electrons. The molecule has 0 bridgehead atoms. The molecule has 0 aromatic rings. The van der Waals surface area contributed by atoms with Gasteiger partial charge in [-0.3, -0.25) is 28.9 Å². The number of hydrogen-bond donors (Lipinski definition) is 3. The number of nitrogens with zero attached hydrogens (tertiary/aromatic N) is 5. The Kier molecular flexibility index (Phi) is 17.1. The Morgan fingerprint density at radius 3 is 1.27 bits per heavy atom. The zero-order valence-corrected chi connectivity index (χ0v) is 23.4. The summed E-state index contributed by atoms with van der Waals surface area (Å²) in [7, 11) is 0. The molecule has 13 nitrogen and oxygen atoms in total. The summed E-state index contributed by atoms with van der Waals surface area (Å²) in [4.78, 5) is 69.4. The number of nitrogens with two attached hydrogens (primary N) is 1. The fourth-order valence-corrected chi connectivity index (χ4v) is 3.59. The first kappa shape index (κ1) is 34.2. The van der Waals surface area contributed by atoms with E-state index in [1.54, 1.807) is 32.6 Å². The lowest BCUT2D eigenvalue weighted by atomic mass is 10.3. The van der Waals surface area contributed by atoms with E-state index in [9.17, 15) is 29.1 Å². The number of aliphatic hydroxyl groups excluding tert-OH is 1. The summed E-state index contributed by atoms with van der Waals surface area (Å²) in [6.45, 7) is 12.2. The lowest BCUT2D eigenvalue weighted by Crippen LogP contribution is -2.51. The molecule has 0 saturated carbocycles. The third-order valence-electron chi connectivity index (χ3n) is 6.01. The molecule has 0 spiro atoms. The second kappa shape index (κ2) is 18.5. The molecule has 0 aromatic carbocycles. The molecule has 0 fully saturated rings. The maximum atomic E-state index is 13.0. The van der Waals surface area contributed by atoms with Crippen molar-refractivity contribution in [2.24, 2.45) is 5.73 Å². The van der Waals surface area contributed by atoms with Crippen molar-refractivity contribution in [2.75, 3.05) is 78.5 Å². The van der Waals surface area contributed by atoms with E-state index in [2.05, 4.69) is 5.32 Å². The topological polar surface area (TPSA) is 160 Å². The average molecular weight is 530 g/mol. The first-order valence-electron chi connectivity index (χ1n) is 13.0. The number of carbonyl (C=O) groups excluding carboxylic acids is 5. The maximum absolute atomic E-state index is 13.0. The van der Waals surface area contributed by atoms with Crippen LogP contribution in [0.3, 0.4) is 0 Å². The van der Waals surface area contributed by atoms with Crippen LogP contribution in [0.4, 0.5) is 0 Å². The number of likely N-dealkylation sites (N-methyl/N-ethyl adjacent to an activating group) is 6. The number of amides is 5. The molecule has 1 unspecified atom stereocenters. The molecule has 5 amide bonds. The second-order valence-corrected chi connectivity index (χ2v) is 8.45. The lowest BCUT2D eigenvalue weighted by Gasteiger charge is -2.31. The summed E-state index contributed by atoms with van der Waals surface area (Å²) in [5.74, 6) is -2.17. The molecular weight excluding hydrogens is 482 g/mol. The van der Waals surface area contributed by atoms with Gasteiger partial charge in [0.25, 0.3) is 0 Å².